The Kier molecular flexibility index (Phi) is 5.44. The van der Waals surface area contributed by atoms with E-state index in [4.69, 9.17) is 4.74 Å². The SMILES string of the molecule is CCn1c(C2CCN(C(=O)COc3ccc(C)cc3)CC2)nn(C)c1=O. The molecule has 0 atom stereocenters. The summed E-state index contributed by atoms with van der Waals surface area (Å²) in [5.41, 5.74) is 1.08. The van der Waals surface area contributed by atoms with E-state index < -0.39 is 0 Å². The van der Waals surface area contributed by atoms with E-state index in [0.717, 1.165) is 24.2 Å². The number of rotatable bonds is 5. The third-order valence-electron chi connectivity index (χ3n) is 4.95. The van der Waals surface area contributed by atoms with Crippen LogP contribution in [0.1, 0.15) is 37.1 Å². The van der Waals surface area contributed by atoms with Gasteiger partial charge in [0.2, 0.25) is 0 Å². The molecule has 2 aromatic rings. The van der Waals surface area contributed by atoms with Gasteiger partial charge in [-0.3, -0.25) is 9.36 Å². The van der Waals surface area contributed by atoms with Crippen LogP contribution < -0.4 is 10.4 Å². The fourth-order valence-corrected chi connectivity index (χ4v) is 3.38. The van der Waals surface area contributed by atoms with E-state index in [9.17, 15) is 9.59 Å². The molecule has 1 aliphatic rings. The highest BCUT2D eigenvalue weighted by Crippen LogP contribution is 2.26. The van der Waals surface area contributed by atoms with Crippen LogP contribution in [0.25, 0.3) is 0 Å². The molecule has 0 spiro atoms. The molecule has 1 aromatic heterocycles. The number of benzene rings is 1. The van der Waals surface area contributed by atoms with Crippen LogP contribution in [0.3, 0.4) is 0 Å². The molecule has 1 fully saturated rings. The van der Waals surface area contributed by atoms with Crippen molar-refractivity contribution in [1.29, 1.82) is 0 Å². The van der Waals surface area contributed by atoms with Crippen molar-refractivity contribution in [3.63, 3.8) is 0 Å². The molecule has 0 bridgehead atoms. The Morgan fingerprint density at radius 1 is 1.23 bits per heavy atom. The number of carbonyl (C=O) groups is 1. The Morgan fingerprint density at radius 2 is 1.88 bits per heavy atom. The second kappa shape index (κ2) is 7.76. The number of aryl methyl sites for hydroxylation is 2. The lowest BCUT2D eigenvalue weighted by atomic mass is 9.96. The highest BCUT2D eigenvalue weighted by Gasteiger charge is 2.28. The lowest BCUT2D eigenvalue weighted by molar-refractivity contribution is -0.134. The Labute approximate surface area is 153 Å². The summed E-state index contributed by atoms with van der Waals surface area (Å²) in [6.45, 7) is 5.96. The molecule has 0 saturated carbocycles. The van der Waals surface area contributed by atoms with Gasteiger partial charge < -0.3 is 9.64 Å². The summed E-state index contributed by atoms with van der Waals surface area (Å²) >= 11 is 0. The molecule has 1 amide bonds. The first-order valence-electron chi connectivity index (χ1n) is 9.10. The van der Waals surface area contributed by atoms with Crippen molar-refractivity contribution in [2.75, 3.05) is 19.7 Å². The Morgan fingerprint density at radius 3 is 2.50 bits per heavy atom. The van der Waals surface area contributed by atoms with Crippen LogP contribution in [-0.2, 0) is 18.4 Å². The summed E-state index contributed by atoms with van der Waals surface area (Å²) in [6.07, 6.45) is 1.62. The molecule has 0 radical (unpaired) electrons. The van der Waals surface area contributed by atoms with Gasteiger partial charge in [-0.2, -0.15) is 5.10 Å². The molecule has 1 aromatic carbocycles. The summed E-state index contributed by atoms with van der Waals surface area (Å²) < 4.78 is 8.71. The smallest absolute Gasteiger partial charge is 0.345 e. The quantitative estimate of drug-likeness (QED) is 0.816. The second-order valence-electron chi connectivity index (χ2n) is 6.77. The number of amides is 1. The van der Waals surface area contributed by atoms with E-state index in [0.29, 0.717) is 25.4 Å². The van der Waals surface area contributed by atoms with Gasteiger partial charge in [0.05, 0.1) is 0 Å². The zero-order chi connectivity index (χ0) is 18.7. The van der Waals surface area contributed by atoms with Crippen molar-refractivity contribution >= 4 is 5.91 Å². The highest BCUT2D eigenvalue weighted by molar-refractivity contribution is 5.77. The van der Waals surface area contributed by atoms with Crippen LogP contribution in [0.15, 0.2) is 29.1 Å². The molecular formula is C19H26N4O3. The monoisotopic (exact) mass is 358 g/mol. The number of hydrogen-bond donors (Lipinski definition) is 0. The number of nitrogens with zero attached hydrogens (tertiary/aromatic N) is 4. The number of carbonyl (C=O) groups excluding carboxylic acids is 1. The summed E-state index contributed by atoms with van der Waals surface area (Å²) in [5.74, 6) is 1.76. The van der Waals surface area contributed by atoms with Gasteiger partial charge in [0.1, 0.15) is 11.6 Å². The summed E-state index contributed by atoms with van der Waals surface area (Å²) in [4.78, 5) is 26.3. The van der Waals surface area contributed by atoms with Crippen molar-refractivity contribution in [2.24, 2.45) is 7.05 Å². The molecule has 1 aliphatic heterocycles. The zero-order valence-corrected chi connectivity index (χ0v) is 15.6. The van der Waals surface area contributed by atoms with E-state index in [-0.39, 0.29) is 24.1 Å². The van der Waals surface area contributed by atoms with E-state index in [2.05, 4.69) is 5.10 Å². The van der Waals surface area contributed by atoms with Gasteiger partial charge in [0.15, 0.2) is 6.61 Å². The average molecular weight is 358 g/mol. The molecule has 0 aliphatic carbocycles. The molecule has 2 heterocycles. The third kappa shape index (κ3) is 3.81. The van der Waals surface area contributed by atoms with E-state index >= 15 is 0 Å². The van der Waals surface area contributed by atoms with Gasteiger partial charge in [-0.1, -0.05) is 17.7 Å². The van der Waals surface area contributed by atoms with Crippen LogP contribution in [0.2, 0.25) is 0 Å². The van der Waals surface area contributed by atoms with E-state index in [1.807, 2.05) is 43.0 Å². The fraction of sp³-hybridized carbons (Fsp3) is 0.526. The average Bonchev–Trinajstić information content (AvgIpc) is 2.95. The second-order valence-corrected chi connectivity index (χ2v) is 6.77. The van der Waals surface area contributed by atoms with Gasteiger partial charge in [0, 0.05) is 32.6 Å². The van der Waals surface area contributed by atoms with Crippen LogP contribution in [-0.4, -0.2) is 44.9 Å². The van der Waals surface area contributed by atoms with Crippen LogP contribution >= 0.6 is 0 Å². The topological polar surface area (TPSA) is 69.4 Å². The summed E-state index contributed by atoms with van der Waals surface area (Å²) in [6, 6.07) is 7.68. The maximum atomic E-state index is 12.4. The molecule has 3 rings (SSSR count). The predicted molar refractivity (Wildman–Crippen MR) is 98.4 cm³/mol. The van der Waals surface area contributed by atoms with Gasteiger partial charge in [-0.05, 0) is 38.8 Å². The van der Waals surface area contributed by atoms with Gasteiger partial charge >= 0.3 is 5.69 Å². The molecule has 0 N–H and O–H groups in total. The molecule has 7 heteroatoms. The number of ether oxygens (including phenoxy) is 1. The van der Waals surface area contributed by atoms with Crippen molar-refractivity contribution in [3.8, 4) is 5.75 Å². The molecular weight excluding hydrogens is 332 g/mol. The van der Waals surface area contributed by atoms with Crippen LogP contribution in [0, 0.1) is 6.92 Å². The minimum absolute atomic E-state index is 0.00192. The zero-order valence-electron chi connectivity index (χ0n) is 15.6. The van der Waals surface area contributed by atoms with Crippen molar-refractivity contribution in [3.05, 3.63) is 46.1 Å². The van der Waals surface area contributed by atoms with Crippen molar-refractivity contribution in [2.45, 2.75) is 39.2 Å². The first-order chi connectivity index (χ1) is 12.5. The molecule has 26 heavy (non-hydrogen) atoms. The summed E-state index contributed by atoms with van der Waals surface area (Å²) in [7, 11) is 1.68. The maximum Gasteiger partial charge on any atom is 0.345 e. The molecule has 0 unspecified atom stereocenters. The largest absolute Gasteiger partial charge is 0.484 e. The first-order valence-corrected chi connectivity index (χ1v) is 9.10. The lowest BCUT2D eigenvalue weighted by Crippen LogP contribution is -2.41. The predicted octanol–water partition coefficient (Wildman–Crippen LogP) is 1.70. The van der Waals surface area contributed by atoms with Crippen LogP contribution in [0.4, 0.5) is 0 Å². The minimum Gasteiger partial charge on any atom is -0.484 e. The van der Waals surface area contributed by atoms with Crippen LogP contribution in [0.5, 0.6) is 5.75 Å². The standard InChI is InChI=1S/C19H26N4O3/c1-4-23-18(20-21(3)19(23)25)15-9-11-22(12-10-15)17(24)13-26-16-7-5-14(2)6-8-16/h5-8,15H,4,9-13H2,1-3H3. The van der Waals surface area contributed by atoms with E-state index in [1.165, 1.54) is 4.68 Å². The van der Waals surface area contributed by atoms with Crippen molar-refractivity contribution in [1.82, 2.24) is 19.2 Å². The maximum absolute atomic E-state index is 12.4. The summed E-state index contributed by atoms with van der Waals surface area (Å²) in [5, 5.41) is 4.40. The van der Waals surface area contributed by atoms with Gasteiger partial charge in [-0.15, -0.1) is 0 Å². The van der Waals surface area contributed by atoms with Gasteiger partial charge in [-0.25, -0.2) is 9.48 Å². The number of piperidine rings is 1. The van der Waals surface area contributed by atoms with E-state index in [1.54, 1.807) is 11.6 Å². The number of aromatic nitrogens is 3. The Balaban J connectivity index is 1.55. The number of hydrogen-bond acceptors (Lipinski definition) is 4. The van der Waals surface area contributed by atoms with Gasteiger partial charge in [0.25, 0.3) is 5.91 Å². The number of likely N-dealkylation sites (tertiary alicyclic amines) is 1. The molecule has 7 nitrogen and oxygen atoms in total. The normalized spacial score (nSPS) is 15.3. The highest BCUT2D eigenvalue weighted by atomic mass is 16.5. The fourth-order valence-electron chi connectivity index (χ4n) is 3.38. The molecule has 1 saturated heterocycles. The first kappa shape index (κ1) is 18.2. The van der Waals surface area contributed by atoms with Crippen molar-refractivity contribution < 1.29 is 9.53 Å². The molecule has 140 valence electrons. The lowest BCUT2D eigenvalue weighted by Gasteiger charge is -2.31. The Hall–Kier alpha value is -2.57. The Bertz CT molecular complexity index is 814. The third-order valence-corrected chi connectivity index (χ3v) is 4.95. The minimum atomic E-state index is -0.0764.